The first-order valence-electron chi connectivity index (χ1n) is 5.49. The molecule has 2 rings (SSSR count). The number of pyridine rings is 1. The van der Waals surface area contributed by atoms with E-state index in [1.165, 1.54) is 0 Å². The molecule has 4 nitrogen and oxygen atoms in total. The van der Waals surface area contributed by atoms with E-state index in [2.05, 4.69) is 4.98 Å². The molecular weight excluding hydrogens is 216 g/mol. The summed E-state index contributed by atoms with van der Waals surface area (Å²) in [6, 6.07) is 7.51. The van der Waals surface area contributed by atoms with Crippen LogP contribution in [0.25, 0.3) is 10.9 Å². The van der Waals surface area contributed by atoms with Gasteiger partial charge in [0, 0.05) is 5.39 Å². The van der Waals surface area contributed by atoms with Crippen molar-refractivity contribution in [3.8, 4) is 0 Å². The number of carbonyl (C=O) groups is 1. The molecule has 0 atom stereocenters. The zero-order valence-electron chi connectivity index (χ0n) is 9.64. The lowest BCUT2D eigenvalue weighted by molar-refractivity contribution is -0.142. The van der Waals surface area contributed by atoms with Crippen LogP contribution in [0.1, 0.15) is 12.5 Å². The van der Waals surface area contributed by atoms with Crippen molar-refractivity contribution in [1.82, 2.24) is 4.98 Å². The number of aromatic nitrogens is 1. The molecule has 0 amide bonds. The minimum Gasteiger partial charge on any atom is -0.466 e. The maximum absolute atomic E-state index is 11.4. The normalized spacial score (nSPS) is 10.4. The Morgan fingerprint density at radius 1 is 1.41 bits per heavy atom. The number of esters is 1. The summed E-state index contributed by atoms with van der Waals surface area (Å²) in [5.41, 5.74) is 8.06. The molecule has 2 N–H and O–H groups in total. The average Bonchev–Trinajstić information content (AvgIpc) is 2.28. The molecule has 0 aliphatic carbocycles. The Balaban J connectivity index is 2.27. The van der Waals surface area contributed by atoms with Crippen molar-refractivity contribution < 1.29 is 9.53 Å². The minimum absolute atomic E-state index is 0.219. The van der Waals surface area contributed by atoms with Crippen molar-refractivity contribution in [1.29, 1.82) is 0 Å². The molecule has 4 heteroatoms. The van der Waals surface area contributed by atoms with Gasteiger partial charge in [0.2, 0.25) is 0 Å². The van der Waals surface area contributed by atoms with Crippen molar-refractivity contribution in [2.75, 3.05) is 12.3 Å². The predicted octanol–water partition coefficient (Wildman–Crippen LogP) is 1.92. The van der Waals surface area contributed by atoms with Crippen LogP contribution in [0.15, 0.2) is 30.5 Å². The number of carbonyl (C=O) groups excluding carboxylic acids is 1. The lowest BCUT2D eigenvalue weighted by Gasteiger charge is -2.04. The molecule has 0 saturated carbocycles. The predicted molar refractivity (Wildman–Crippen MR) is 66.5 cm³/mol. The number of anilines is 1. The van der Waals surface area contributed by atoms with Gasteiger partial charge >= 0.3 is 5.97 Å². The van der Waals surface area contributed by atoms with Crippen LogP contribution in [0, 0.1) is 0 Å². The van der Waals surface area contributed by atoms with E-state index in [-0.39, 0.29) is 12.4 Å². The van der Waals surface area contributed by atoms with Crippen LogP contribution in [0.4, 0.5) is 5.69 Å². The van der Waals surface area contributed by atoms with Crippen molar-refractivity contribution in [2.24, 2.45) is 0 Å². The zero-order chi connectivity index (χ0) is 12.3. The average molecular weight is 230 g/mol. The van der Waals surface area contributed by atoms with Gasteiger partial charge in [-0.05, 0) is 30.7 Å². The summed E-state index contributed by atoms with van der Waals surface area (Å²) in [5.74, 6) is -0.219. The number of hydrogen-bond donors (Lipinski definition) is 1. The molecule has 0 radical (unpaired) electrons. The molecule has 0 fully saturated rings. The third kappa shape index (κ3) is 2.72. The van der Waals surface area contributed by atoms with E-state index in [1.54, 1.807) is 13.1 Å². The number of nitrogen functional groups attached to an aromatic ring is 1. The highest BCUT2D eigenvalue weighted by Gasteiger charge is 2.05. The number of nitrogens with two attached hydrogens (primary N) is 1. The van der Waals surface area contributed by atoms with Gasteiger partial charge in [-0.3, -0.25) is 9.78 Å². The summed E-state index contributed by atoms with van der Waals surface area (Å²) in [6.45, 7) is 2.20. The summed E-state index contributed by atoms with van der Waals surface area (Å²) < 4.78 is 4.90. The van der Waals surface area contributed by atoms with Crippen LogP contribution in [0.5, 0.6) is 0 Å². The molecule has 0 unspecified atom stereocenters. The monoisotopic (exact) mass is 230 g/mol. The van der Waals surface area contributed by atoms with E-state index in [0.717, 1.165) is 16.5 Å². The minimum atomic E-state index is -0.219. The van der Waals surface area contributed by atoms with E-state index in [9.17, 15) is 4.79 Å². The SMILES string of the molecule is CCOC(=O)Cc1ccc2ncc(N)cc2c1. The molecule has 1 aromatic carbocycles. The maximum atomic E-state index is 11.4. The third-order valence-corrected chi connectivity index (χ3v) is 2.42. The Hall–Kier alpha value is -2.10. The fraction of sp³-hybridized carbons (Fsp3) is 0.231. The van der Waals surface area contributed by atoms with Gasteiger partial charge in [0.05, 0.1) is 30.4 Å². The van der Waals surface area contributed by atoms with Gasteiger partial charge in [-0.25, -0.2) is 0 Å². The summed E-state index contributed by atoms with van der Waals surface area (Å²) in [4.78, 5) is 15.5. The van der Waals surface area contributed by atoms with Gasteiger partial charge in [-0.15, -0.1) is 0 Å². The lowest BCUT2D eigenvalue weighted by Crippen LogP contribution is -2.07. The molecule has 0 spiro atoms. The Kier molecular flexibility index (Phi) is 3.23. The fourth-order valence-corrected chi connectivity index (χ4v) is 1.69. The number of rotatable bonds is 3. The number of benzene rings is 1. The standard InChI is InChI=1S/C13H14N2O2/c1-2-17-13(16)6-9-3-4-12-10(5-9)7-11(14)8-15-12/h3-5,7-8H,2,6,14H2,1H3. The van der Waals surface area contributed by atoms with Crippen LogP contribution in [0.2, 0.25) is 0 Å². The fourth-order valence-electron chi connectivity index (χ4n) is 1.69. The highest BCUT2D eigenvalue weighted by Crippen LogP contribution is 2.17. The second kappa shape index (κ2) is 4.82. The van der Waals surface area contributed by atoms with Crippen LogP contribution >= 0.6 is 0 Å². The molecule has 17 heavy (non-hydrogen) atoms. The van der Waals surface area contributed by atoms with E-state index in [4.69, 9.17) is 10.5 Å². The van der Waals surface area contributed by atoms with Gasteiger partial charge < -0.3 is 10.5 Å². The zero-order valence-corrected chi connectivity index (χ0v) is 9.64. The molecule has 1 heterocycles. The van der Waals surface area contributed by atoms with Crippen molar-refractivity contribution in [3.05, 3.63) is 36.0 Å². The first-order valence-corrected chi connectivity index (χ1v) is 5.49. The molecule has 0 aliphatic rings. The second-order valence-electron chi connectivity index (χ2n) is 3.78. The van der Waals surface area contributed by atoms with Crippen molar-refractivity contribution in [3.63, 3.8) is 0 Å². The number of hydrogen-bond acceptors (Lipinski definition) is 4. The summed E-state index contributed by atoms with van der Waals surface area (Å²) in [5, 5.41) is 0.937. The quantitative estimate of drug-likeness (QED) is 0.818. The number of ether oxygens (including phenoxy) is 1. The molecule has 0 bridgehead atoms. The van der Waals surface area contributed by atoms with E-state index < -0.39 is 0 Å². The molecule has 88 valence electrons. The topological polar surface area (TPSA) is 65.2 Å². The molecule has 1 aromatic heterocycles. The van der Waals surface area contributed by atoms with Crippen LogP contribution in [-0.2, 0) is 16.0 Å². The highest BCUT2D eigenvalue weighted by atomic mass is 16.5. The van der Waals surface area contributed by atoms with Gasteiger partial charge in [0.25, 0.3) is 0 Å². The Morgan fingerprint density at radius 3 is 3.00 bits per heavy atom. The molecule has 2 aromatic rings. The molecular formula is C13H14N2O2. The Bertz CT molecular complexity index is 552. The van der Waals surface area contributed by atoms with Gasteiger partial charge in [0.15, 0.2) is 0 Å². The van der Waals surface area contributed by atoms with Crippen molar-refractivity contribution >= 4 is 22.6 Å². The Morgan fingerprint density at radius 2 is 2.24 bits per heavy atom. The third-order valence-electron chi connectivity index (χ3n) is 2.42. The summed E-state index contributed by atoms with van der Waals surface area (Å²) in [7, 11) is 0. The van der Waals surface area contributed by atoms with E-state index >= 15 is 0 Å². The lowest BCUT2D eigenvalue weighted by atomic mass is 10.1. The summed E-state index contributed by atoms with van der Waals surface area (Å²) in [6.07, 6.45) is 1.89. The first-order chi connectivity index (χ1) is 8.19. The van der Waals surface area contributed by atoms with E-state index in [1.807, 2.05) is 24.3 Å². The largest absolute Gasteiger partial charge is 0.466 e. The van der Waals surface area contributed by atoms with Crippen LogP contribution in [0.3, 0.4) is 0 Å². The van der Waals surface area contributed by atoms with Crippen LogP contribution in [-0.4, -0.2) is 17.6 Å². The van der Waals surface area contributed by atoms with Gasteiger partial charge in [-0.2, -0.15) is 0 Å². The van der Waals surface area contributed by atoms with Gasteiger partial charge in [0.1, 0.15) is 0 Å². The highest BCUT2D eigenvalue weighted by molar-refractivity contribution is 5.83. The summed E-state index contributed by atoms with van der Waals surface area (Å²) >= 11 is 0. The maximum Gasteiger partial charge on any atom is 0.310 e. The van der Waals surface area contributed by atoms with Crippen molar-refractivity contribution in [2.45, 2.75) is 13.3 Å². The number of fused-ring (bicyclic) bond motifs is 1. The van der Waals surface area contributed by atoms with E-state index in [0.29, 0.717) is 12.3 Å². The smallest absolute Gasteiger partial charge is 0.310 e. The molecule has 0 aliphatic heterocycles. The van der Waals surface area contributed by atoms with Crippen LogP contribution < -0.4 is 5.73 Å². The van der Waals surface area contributed by atoms with Gasteiger partial charge in [-0.1, -0.05) is 6.07 Å². The number of nitrogens with zero attached hydrogens (tertiary/aromatic N) is 1. The molecule has 0 saturated heterocycles. The first kappa shape index (κ1) is 11.4. The Labute approximate surface area is 99.4 Å². The second-order valence-corrected chi connectivity index (χ2v) is 3.78.